The zero-order chi connectivity index (χ0) is 20.5. The number of benzene rings is 1. The van der Waals surface area contributed by atoms with Gasteiger partial charge in [0.1, 0.15) is 0 Å². The van der Waals surface area contributed by atoms with E-state index in [1.165, 1.54) is 0 Å². The van der Waals surface area contributed by atoms with Gasteiger partial charge in [0.2, 0.25) is 5.91 Å². The van der Waals surface area contributed by atoms with Crippen LogP contribution in [0.25, 0.3) is 11.0 Å². The summed E-state index contributed by atoms with van der Waals surface area (Å²) in [5.74, 6) is 1.08. The fourth-order valence-corrected chi connectivity index (χ4v) is 4.36. The molecule has 0 radical (unpaired) electrons. The first-order chi connectivity index (χ1) is 13.9. The molecule has 29 heavy (non-hydrogen) atoms. The fourth-order valence-electron chi connectivity index (χ4n) is 4.36. The van der Waals surface area contributed by atoms with Crippen molar-refractivity contribution in [3.8, 4) is 0 Å². The standard InChI is InChI=1S/C23H30N4O2/c1-15-6-10-26(11-7-15)22(28)18-8-12-27(13-9-18)23(29)19-4-5-20-21(14-19)25-17(3)16(2)24-20/h4-5,14-15,18H,6-13H2,1-3H3. The summed E-state index contributed by atoms with van der Waals surface area (Å²) in [5, 5.41) is 0. The van der Waals surface area contributed by atoms with Gasteiger partial charge in [0.15, 0.2) is 0 Å². The summed E-state index contributed by atoms with van der Waals surface area (Å²) in [7, 11) is 0. The Kier molecular flexibility index (Phi) is 5.52. The lowest BCUT2D eigenvalue weighted by molar-refractivity contribution is -0.138. The quantitative estimate of drug-likeness (QED) is 0.783. The zero-order valence-electron chi connectivity index (χ0n) is 17.6. The van der Waals surface area contributed by atoms with Gasteiger partial charge in [-0.2, -0.15) is 0 Å². The van der Waals surface area contributed by atoms with Gasteiger partial charge in [-0.25, -0.2) is 9.97 Å². The number of hydrogen-bond acceptors (Lipinski definition) is 4. The second-order valence-electron chi connectivity index (χ2n) is 8.67. The van der Waals surface area contributed by atoms with E-state index in [1.807, 2.05) is 41.8 Å². The van der Waals surface area contributed by atoms with Crippen LogP contribution in [-0.4, -0.2) is 57.8 Å². The molecule has 3 heterocycles. The van der Waals surface area contributed by atoms with Crippen LogP contribution in [0, 0.1) is 25.7 Å². The van der Waals surface area contributed by atoms with Crippen molar-refractivity contribution in [3.05, 3.63) is 35.2 Å². The maximum absolute atomic E-state index is 13.0. The minimum absolute atomic E-state index is 0.0182. The molecule has 2 aliphatic rings. The molecule has 0 bridgehead atoms. The van der Waals surface area contributed by atoms with E-state index in [0.717, 1.165) is 67.1 Å². The van der Waals surface area contributed by atoms with Crippen LogP contribution in [-0.2, 0) is 4.79 Å². The van der Waals surface area contributed by atoms with E-state index in [4.69, 9.17) is 0 Å². The van der Waals surface area contributed by atoms with Crippen LogP contribution in [0.15, 0.2) is 18.2 Å². The first-order valence-corrected chi connectivity index (χ1v) is 10.8. The molecule has 0 N–H and O–H groups in total. The molecule has 6 heteroatoms. The number of likely N-dealkylation sites (tertiary alicyclic amines) is 2. The van der Waals surface area contributed by atoms with E-state index in [9.17, 15) is 9.59 Å². The lowest BCUT2D eigenvalue weighted by Gasteiger charge is -2.36. The molecule has 154 valence electrons. The highest BCUT2D eigenvalue weighted by Crippen LogP contribution is 2.25. The van der Waals surface area contributed by atoms with Crippen molar-refractivity contribution in [2.24, 2.45) is 11.8 Å². The number of aryl methyl sites for hydroxylation is 2. The van der Waals surface area contributed by atoms with Crippen molar-refractivity contribution in [2.75, 3.05) is 26.2 Å². The molecule has 2 fully saturated rings. The van der Waals surface area contributed by atoms with E-state index >= 15 is 0 Å². The van der Waals surface area contributed by atoms with Crippen LogP contribution in [0.2, 0.25) is 0 Å². The Bertz CT molecular complexity index is 926. The van der Waals surface area contributed by atoms with Crippen molar-refractivity contribution in [2.45, 2.75) is 46.5 Å². The Morgan fingerprint density at radius 1 is 0.862 bits per heavy atom. The monoisotopic (exact) mass is 394 g/mol. The average molecular weight is 395 g/mol. The van der Waals surface area contributed by atoms with Crippen LogP contribution in [0.3, 0.4) is 0 Å². The molecule has 0 atom stereocenters. The summed E-state index contributed by atoms with van der Waals surface area (Å²) >= 11 is 0. The van der Waals surface area contributed by atoms with Gasteiger partial charge in [-0.1, -0.05) is 6.92 Å². The summed E-state index contributed by atoms with van der Waals surface area (Å²) in [5.41, 5.74) is 4.00. The number of carbonyl (C=O) groups is 2. The molecule has 2 amide bonds. The molecule has 2 saturated heterocycles. The maximum atomic E-state index is 13.0. The summed E-state index contributed by atoms with van der Waals surface area (Å²) in [6.07, 6.45) is 3.71. The predicted octanol–water partition coefficient (Wildman–Crippen LogP) is 3.36. The van der Waals surface area contributed by atoms with Crippen LogP contribution >= 0.6 is 0 Å². The van der Waals surface area contributed by atoms with E-state index in [0.29, 0.717) is 18.7 Å². The van der Waals surface area contributed by atoms with Crippen molar-refractivity contribution >= 4 is 22.8 Å². The number of fused-ring (bicyclic) bond motifs is 1. The fraction of sp³-hybridized carbons (Fsp3) is 0.565. The topological polar surface area (TPSA) is 66.4 Å². The Hall–Kier alpha value is -2.50. The third-order valence-electron chi connectivity index (χ3n) is 6.55. The third kappa shape index (κ3) is 4.11. The lowest BCUT2D eigenvalue weighted by Crippen LogP contribution is -2.46. The number of hydrogen-bond donors (Lipinski definition) is 0. The smallest absolute Gasteiger partial charge is 0.253 e. The number of rotatable bonds is 2. The highest BCUT2D eigenvalue weighted by Gasteiger charge is 2.31. The second kappa shape index (κ2) is 8.09. The number of piperidine rings is 2. The molecule has 1 aromatic carbocycles. The van der Waals surface area contributed by atoms with E-state index < -0.39 is 0 Å². The Morgan fingerprint density at radius 2 is 1.45 bits per heavy atom. The third-order valence-corrected chi connectivity index (χ3v) is 6.55. The lowest BCUT2D eigenvalue weighted by atomic mass is 9.92. The SMILES string of the molecule is Cc1nc2ccc(C(=O)N3CCC(C(=O)N4CCC(C)CC4)CC3)cc2nc1C. The largest absolute Gasteiger partial charge is 0.342 e. The number of amides is 2. The molecular formula is C23H30N4O2. The molecule has 2 aromatic rings. The number of aromatic nitrogens is 2. The molecule has 0 aliphatic carbocycles. The minimum atomic E-state index is 0.0182. The van der Waals surface area contributed by atoms with Crippen LogP contribution < -0.4 is 0 Å². The normalized spacial score (nSPS) is 19.0. The van der Waals surface area contributed by atoms with Crippen molar-refractivity contribution in [1.82, 2.24) is 19.8 Å². The van der Waals surface area contributed by atoms with Gasteiger partial charge in [-0.3, -0.25) is 9.59 Å². The van der Waals surface area contributed by atoms with Gasteiger partial charge >= 0.3 is 0 Å². The first kappa shape index (κ1) is 19.8. The highest BCUT2D eigenvalue weighted by molar-refractivity contribution is 5.97. The molecule has 0 spiro atoms. The summed E-state index contributed by atoms with van der Waals surface area (Å²) in [6.45, 7) is 9.17. The summed E-state index contributed by atoms with van der Waals surface area (Å²) in [6, 6.07) is 5.54. The van der Waals surface area contributed by atoms with Crippen molar-refractivity contribution < 1.29 is 9.59 Å². The molecular weight excluding hydrogens is 364 g/mol. The first-order valence-electron chi connectivity index (χ1n) is 10.8. The average Bonchev–Trinajstić information content (AvgIpc) is 2.74. The second-order valence-corrected chi connectivity index (χ2v) is 8.67. The Balaban J connectivity index is 1.39. The van der Waals surface area contributed by atoms with E-state index in [2.05, 4.69) is 16.9 Å². The minimum Gasteiger partial charge on any atom is -0.342 e. The number of carbonyl (C=O) groups excluding carboxylic acids is 2. The van der Waals surface area contributed by atoms with Crippen molar-refractivity contribution in [1.29, 1.82) is 0 Å². The Morgan fingerprint density at radius 3 is 2.10 bits per heavy atom. The molecule has 6 nitrogen and oxygen atoms in total. The predicted molar refractivity (Wildman–Crippen MR) is 113 cm³/mol. The number of nitrogens with zero attached hydrogens (tertiary/aromatic N) is 4. The summed E-state index contributed by atoms with van der Waals surface area (Å²) < 4.78 is 0. The molecule has 4 rings (SSSR count). The maximum Gasteiger partial charge on any atom is 0.253 e. The molecule has 0 unspecified atom stereocenters. The Labute approximate surface area is 172 Å². The van der Waals surface area contributed by atoms with Crippen molar-refractivity contribution in [3.63, 3.8) is 0 Å². The highest BCUT2D eigenvalue weighted by atomic mass is 16.2. The van der Waals surface area contributed by atoms with E-state index in [-0.39, 0.29) is 17.7 Å². The molecule has 0 saturated carbocycles. The van der Waals surface area contributed by atoms with Gasteiger partial charge in [0, 0.05) is 37.7 Å². The van der Waals surface area contributed by atoms with Gasteiger partial charge in [0.05, 0.1) is 22.4 Å². The van der Waals surface area contributed by atoms with Crippen LogP contribution in [0.5, 0.6) is 0 Å². The van der Waals surface area contributed by atoms with Gasteiger partial charge in [0.25, 0.3) is 5.91 Å². The van der Waals surface area contributed by atoms with Crippen LogP contribution in [0.1, 0.15) is 54.4 Å². The van der Waals surface area contributed by atoms with Gasteiger partial charge < -0.3 is 9.80 Å². The van der Waals surface area contributed by atoms with Gasteiger partial charge in [-0.05, 0) is 63.6 Å². The zero-order valence-corrected chi connectivity index (χ0v) is 17.6. The van der Waals surface area contributed by atoms with Crippen LogP contribution in [0.4, 0.5) is 0 Å². The summed E-state index contributed by atoms with van der Waals surface area (Å²) in [4.78, 5) is 38.8. The van der Waals surface area contributed by atoms with E-state index in [1.54, 1.807) is 0 Å². The molecule has 1 aromatic heterocycles. The molecule has 2 aliphatic heterocycles. The van der Waals surface area contributed by atoms with Gasteiger partial charge in [-0.15, -0.1) is 0 Å².